The van der Waals surface area contributed by atoms with Crippen LogP contribution in [0.3, 0.4) is 0 Å². The molecular formula is C10H13FO2. The van der Waals surface area contributed by atoms with Crippen molar-refractivity contribution in [1.82, 2.24) is 0 Å². The fraction of sp³-hybridized carbons (Fsp3) is 0.400. The normalized spacial score (nSPS) is 11.5. The Labute approximate surface area is 77.0 Å². The highest BCUT2D eigenvalue weighted by Crippen LogP contribution is 2.26. The predicted octanol–water partition coefficient (Wildman–Crippen LogP) is 2.06. The monoisotopic (exact) mass is 184 g/mol. The summed E-state index contributed by atoms with van der Waals surface area (Å²) in [4.78, 5) is 0. The molecule has 0 heterocycles. The van der Waals surface area contributed by atoms with Crippen molar-refractivity contribution in [1.29, 1.82) is 0 Å². The van der Waals surface area contributed by atoms with E-state index in [-0.39, 0.29) is 5.56 Å². The second-order valence-corrected chi connectivity index (χ2v) is 3.40. The minimum absolute atomic E-state index is 0.242. The molecule has 13 heavy (non-hydrogen) atoms. The summed E-state index contributed by atoms with van der Waals surface area (Å²) in [6.45, 7) is 3.07. The number of hydrogen-bond acceptors (Lipinski definition) is 2. The standard InChI is InChI=1S/C10H13FO2/c1-10(2,12)8-6-7(13-3)4-5-9(8)11/h4-6,12H,1-3H3. The molecule has 2 nitrogen and oxygen atoms in total. The van der Waals surface area contributed by atoms with Crippen LogP contribution in [-0.2, 0) is 5.60 Å². The molecule has 0 spiro atoms. The first-order valence-electron chi connectivity index (χ1n) is 4.01. The van der Waals surface area contributed by atoms with Crippen molar-refractivity contribution in [3.63, 3.8) is 0 Å². The van der Waals surface area contributed by atoms with Crippen LogP contribution >= 0.6 is 0 Å². The minimum Gasteiger partial charge on any atom is -0.497 e. The van der Waals surface area contributed by atoms with Crippen LogP contribution in [0.15, 0.2) is 18.2 Å². The lowest BCUT2D eigenvalue weighted by molar-refractivity contribution is 0.0742. The van der Waals surface area contributed by atoms with E-state index in [2.05, 4.69) is 0 Å². The topological polar surface area (TPSA) is 29.5 Å². The van der Waals surface area contributed by atoms with Crippen molar-refractivity contribution in [2.45, 2.75) is 19.4 Å². The van der Waals surface area contributed by atoms with Gasteiger partial charge in [0, 0.05) is 5.56 Å². The molecule has 0 aromatic heterocycles. The van der Waals surface area contributed by atoms with Crippen LogP contribution in [0.5, 0.6) is 5.75 Å². The van der Waals surface area contributed by atoms with Gasteiger partial charge in [0.15, 0.2) is 0 Å². The molecule has 1 aromatic carbocycles. The first kappa shape index (κ1) is 9.99. The SMILES string of the molecule is COc1ccc(F)c(C(C)(C)O)c1. The lowest BCUT2D eigenvalue weighted by atomic mass is 9.98. The van der Waals surface area contributed by atoms with Gasteiger partial charge in [0.2, 0.25) is 0 Å². The Morgan fingerprint density at radius 3 is 2.46 bits per heavy atom. The number of rotatable bonds is 2. The number of ether oxygens (including phenoxy) is 1. The Bertz CT molecular complexity index is 302. The smallest absolute Gasteiger partial charge is 0.129 e. The van der Waals surface area contributed by atoms with Crippen LogP contribution in [0.25, 0.3) is 0 Å². The van der Waals surface area contributed by atoms with Gasteiger partial charge in [0.05, 0.1) is 12.7 Å². The quantitative estimate of drug-likeness (QED) is 0.762. The second kappa shape index (κ2) is 3.34. The van der Waals surface area contributed by atoms with Gasteiger partial charge in [0.1, 0.15) is 11.6 Å². The average Bonchev–Trinajstić information content (AvgIpc) is 2.03. The van der Waals surface area contributed by atoms with E-state index in [1.807, 2.05) is 0 Å². The van der Waals surface area contributed by atoms with Gasteiger partial charge in [-0.25, -0.2) is 4.39 Å². The third-order valence-corrected chi connectivity index (χ3v) is 1.83. The van der Waals surface area contributed by atoms with Gasteiger partial charge in [-0.3, -0.25) is 0 Å². The molecule has 1 aromatic rings. The van der Waals surface area contributed by atoms with E-state index >= 15 is 0 Å². The van der Waals surface area contributed by atoms with Crippen molar-refractivity contribution in [3.8, 4) is 5.75 Å². The zero-order chi connectivity index (χ0) is 10.1. The Morgan fingerprint density at radius 2 is 2.00 bits per heavy atom. The number of benzene rings is 1. The van der Waals surface area contributed by atoms with E-state index in [0.717, 1.165) is 0 Å². The zero-order valence-electron chi connectivity index (χ0n) is 7.97. The molecule has 0 radical (unpaired) electrons. The van der Waals surface area contributed by atoms with Crippen molar-refractivity contribution < 1.29 is 14.2 Å². The molecule has 0 unspecified atom stereocenters. The van der Waals surface area contributed by atoms with E-state index < -0.39 is 11.4 Å². The third-order valence-electron chi connectivity index (χ3n) is 1.83. The van der Waals surface area contributed by atoms with Crippen LogP contribution in [0.1, 0.15) is 19.4 Å². The van der Waals surface area contributed by atoms with Crippen LogP contribution in [0.4, 0.5) is 4.39 Å². The summed E-state index contributed by atoms with van der Waals surface area (Å²) in [6, 6.07) is 4.30. The van der Waals surface area contributed by atoms with Gasteiger partial charge in [0.25, 0.3) is 0 Å². The predicted molar refractivity (Wildman–Crippen MR) is 48.2 cm³/mol. The lowest BCUT2D eigenvalue weighted by Crippen LogP contribution is -2.17. The van der Waals surface area contributed by atoms with Crippen LogP contribution in [-0.4, -0.2) is 12.2 Å². The number of methoxy groups -OCH3 is 1. The summed E-state index contributed by atoms with van der Waals surface area (Å²) >= 11 is 0. The maximum absolute atomic E-state index is 13.2. The Balaban J connectivity index is 3.19. The summed E-state index contributed by atoms with van der Waals surface area (Å²) in [7, 11) is 1.50. The molecule has 1 rings (SSSR count). The largest absolute Gasteiger partial charge is 0.497 e. The first-order valence-corrected chi connectivity index (χ1v) is 4.01. The summed E-state index contributed by atoms with van der Waals surface area (Å²) in [5, 5.41) is 9.59. The van der Waals surface area contributed by atoms with Gasteiger partial charge < -0.3 is 9.84 Å². The summed E-state index contributed by atoms with van der Waals surface area (Å²) in [6.07, 6.45) is 0. The van der Waals surface area contributed by atoms with Crippen molar-refractivity contribution in [2.24, 2.45) is 0 Å². The van der Waals surface area contributed by atoms with Gasteiger partial charge in [-0.05, 0) is 32.0 Å². The highest BCUT2D eigenvalue weighted by Gasteiger charge is 2.20. The molecule has 0 saturated heterocycles. The van der Waals surface area contributed by atoms with E-state index in [1.54, 1.807) is 0 Å². The molecule has 0 aliphatic heterocycles. The zero-order valence-corrected chi connectivity index (χ0v) is 7.97. The summed E-state index contributed by atoms with van der Waals surface area (Å²) < 4.78 is 18.1. The molecule has 0 bridgehead atoms. The Morgan fingerprint density at radius 1 is 1.38 bits per heavy atom. The first-order chi connectivity index (χ1) is 5.95. The average molecular weight is 184 g/mol. The molecule has 3 heteroatoms. The van der Waals surface area contributed by atoms with E-state index in [9.17, 15) is 9.50 Å². The van der Waals surface area contributed by atoms with Gasteiger partial charge in [-0.15, -0.1) is 0 Å². The summed E-state index contributed by atoms with van der Waals surface area (Å²) in [5.41, 5.74) is -0.939. The molecule has 0 atom stereocenters. The lowest BCUT2D eigenvalue weighted by Gasteiger charge is -2.18. The van der Waals surface area contributed by atoms with Gasteiger partial charge in [-0.2, -0.15) is 0 Å². The van der Waals surface area contributed by atoms with Gasteiger partial charge in [-0.1, -0.05) is 0 Å². The molecule has 0 fully saturated rings. The maximum Gasteiger partial charge on any atom is 0.129 e. The number of halogens is 1. The number of aliphatic hydroxyl groups is 1. The van der Waals surface area contributed by atoms with Crippen LogP contribution in [0, 0.1) is 5.82 Å². The molecule has 0 amide bonds. The van der Waals surface area contributed by atoms with Crippen LogP contribution in [0.2, 0.25) is 0 Å². The third kappa shape index (κ3) is 2.18. The molecule has 1 N–H and O–H groups in total. The van der Waals surface area contributed by atoms with E-state index in [4.69, 9.17) is 4.74 Å². The number of hydrogen-bond donors (Lipinski definition) is 1. The molecule has 72 valence electrons. The molecule has 0 aliphatic carbocycles. The summed E-state index contributed by atoms with van der Waals surface area (Å²) in [5.74, 6) is 0.117. The molecule has 0 aliphatic rings. The van der Waals surface area contributed by atoms with Crippen LogP contribution < -0.4 is 4.74 Å². The fourth-order valence-corrected chi connectivity index (χ4v) is 1.10. The second-order valence-electron chi connectivity index (χ2n) is 3.40. The van der Waals surface area contributed by atoms with E-state index in [1.165, 1.54) is 39.2 Å². The van der Waals surface area contributed by atoms with E-state index in [0.29, 0.717) is 5.75 Å². The van der Waals surface area contributed by atoms with Crippen molar-refractivity contribution in [2.75, 3.05) is 7.11 Å². The highest BCUT2D eigenvalue weighted by atomic mass is 19.1. The molecule has 0 saturated carbocycles. The molecular weight excluding hydrogens is 171 g/mol. The van der Waals surface area contributed by atoms with Crippen molar-refractivity contribution >= 4 is 0 Å². The van der Waals surface area contributed by atoms with Gasteiger partial charge >= 0.3 is 0 Å². The maximum atomic E-state index is 13.2. The Kier molecular flexibility index (Phi) is 2.57. The highest BCUT2D eigenvalue weighted by molar-refractivity contribution is 5.32. The van der Waals surface area contributed by atoms with Crippen molar-refractivity contribution in [3.05, 3.63) is 29.6 Å². The minimum atomic E-state index is -1.18. The Hall–Kier alpha value is -1.09. The fourth-order valence-electron chi connectivity index (χ4n) is 1.10.